The molecule has 0 unspecified atom stereocenters. The Morgan fingerprint density at radius 2 is 1.28 bits per heavy atom. The van der Waals surface area contributed by atoms with Gasteiger partial charge in [-0.2, -0.15) is 4.98 Å². The highest BCUT2D eigenvalue weighted by atomic mass is 16.7. The molecule has 0 spiro atoms. The van der Waals surface area contributed by atoms with E-state index in [-0.39, 0.29) is 35.7 Å². The van der Waals surface area contributed by atoms with Crippen LogP contribution in [0.2, 0.25) is 0 Å². The third kappa shape index (κ3) is 8.27. The van der Waals surface area contributed by atoms with E-state index in [0.717, 1.165) is 4.57 Å². The van der Waals surface area contributed by atoms with Crippen molar-refractivity contribution < 1.29 is 42.9 Å². The van der Waals surface area contributed by atoms with Crippen LogP contribution in [-0.4, -0.2) is 71.5 Å². The fourth-order valence-electron chi connectivity index (χ4n) is 4.76. The van der Waals surface area contributed by atoms with Gasteiger partial charge in [-0.05, 0) is 49.4 Å². The first kappa shape index (κ1) is 32.6. The number of aromatic nitrogens is 2. The first-order valence-corrected chi connectivity index (χ1v) is 14.7. The molecule has 2 heterocycles. The van der Waals surface area contributed by atoms with Crippen LogP contribution in [-0.2, 0) is 28.5 Å². The van der Waals surface area contributed by atoms with Crippen LogP contribution in [0, 0.1) is 0 Å². The van der Waals surface area contributed by atoms with Crippen molar-refractivity contribution in [3.63, 3.8) is 0 Å². The summed E-state index contributed by atoms with van der Waals surface area (Å²) < 4.78 is 29.4. The second kappa shape index (κ2) is 15.5. The largest absolute Gasteiger partial charge is 0.465 e. The average molecular weight is 642 g/mol. The van der Waals surface area contributed by atoms with Crippen molar-refractivity contribution in [1.82, 2.24) is 9.55 Å². The predicted octanol–water partition coefficient (Wildman–Crippen LogP) is 3.42. The molecule has 0 amide bonds. The quantitative estimate of drug-likeness (QED) is 0.178. The highest BCUT2D eigenvalue weighted by Crippen LogP contribution is 2.35. The molecule has 1 fully saturated rings. The zero-order valence-electron chi connectivity index (χ0n) is 25.2. The van der Waals surface area contributed by atoms with Crippen molar-refractivity contribution >= 4 is 29.7 Å². The van der Waals surface area contributed by atoms with E-state index in [1.165, 1.54) is 24.4 Å². The molecule has 47 heavy (non-hydrogen) atoms. The molecule has 1 N–H and O–H groups in total. The van der Waals surface area contributed by atoms with Gasteiger partial charge >= 0.3 is 29.6 Å². The molecule has 242 valence electrons. The van der Waals surface area contributed by atoms with Crippen molar-refractivity contribution in [2.45, 2.75) is 31.5 Å². The van der Waals surface area contributed by atoms with Crippen LogP contribution in [0.5, 0.6) is 0 Å². The lowest BCUT2D eigenvalue weighted by molar-refractivity contribution is -0.140. The Morgan fingerprint density at radius 3 is 1.81 bits per heavy atom. The number of benzene rings is 3. The van der Waals surface area contributed by atoms with Gasteiger partial charge in [-0.1, -0.05) is 54.6 Å². The van der Waals surface area contributed by atoms with Gasteiger partial charge in [0.05, 0.1) is 23.3 Å². The molecular formula is C34H31N3O10. The summed E-state index contributed by atoms with van der Waals surface area (Å²) in [4.78, 5) is 68.4. The van der Waals surface area contributed by atoms with Crippen molar-refractivity contribution in [3.8, 4) is 0 Å². The van der Waals surface area contributed by atoms with Crippen molar-refractivity contribution in [1.29, 1.82) is 0 Å². The van der Waals surface area contributed by atoms with Crippen LogP contribution in [0.3, 0.4) is 0 Å². The first-order chi connectivity index (χ1) is 22.8. The Morgan fingerprint density at radius 1 is 0.745 bits per heavy atom. The molecule has 13 nitrogen and oxygen atoms in total. The lowest BCUT2D eigenvalue weighted by Crippen LogP contribution is -2.42. The molecule has 0 bridgehead atoms. The van der Waals surface area contributed by atoms with Crippen LogP contribution in [0.15, 0.2) is 108 Å². The van der Waals surface area contributed by atoms with Gasteiger partial charge in [0.25, 0.3) is 0 Å². The number of nitrogens with zero attached hydrogens (tertiary/aromatic N) is 2. The number of esters is 4. The number of hydrogen-bond acceptors (Lipinski definition) is 12. The molecular weight excluding hydrogens is 610 g/mol. The molecule has 1 aromatic heterocycles. The SMILES string of the molecule is CCOC(=O)CNc1ccn([C@@H]2O[C@H](COC(=O)c3ccccc3)[C@@H](OC(=O)c3ccccc3)[C@H]2OC(=O)c2ccccc2)c(=O)n1. The predicted molar refractivity (Wildman–Crippen MR) is 166 cm³/mol. The monoisotopic (exact) mass is 641 g/mol. The fraction of sp³-hybridized carbons (Fsp3) is 0.235. The number of hydrogen-bond donors (Lipinski definition) is 1. The minimum Gasteiger partial charge on any atom is -0.465 e. The van der Waals surface area contributed by atoms with Crippen LogP contribution in [0.4, 0.5) is 5.82 Å². The van der Waals surface area contributed by atoms with E-state index in [4.69, 9.17) is 23.7 Å². The first-order valence-electron chi connectivity index (χ1n) is 14.7. The summed E-state index contributed by atoms with van der Waals surface area (Å²) in [6, 6.07) is 25.9. The van der Waals surface area contributed by atoms with E-state index in [1.54, 1.807) is 85.8 Å². The lowest BCUT2D eigenvalue weighted by Gasteiger charge is -2.25. The Hall–Kier alpha value is -5.82. The van der Waals surface area contributed by atoms with Crippen molar-refractivity contribution in [3.05, 3.63) is 130 Å². The molecule has 0 saturated carbocycles. The summed E-state index contributed by atoms with van der Waals surface area (Å²) in [5.74, 6) is -2.67. The van der Waals surface area contributed by atoms with Gasteiger partial charge in [0, 0.05) is 6.20 Å². The van der Waals surface area contributed by atoms with Gasteiger partial charge in [0.15, 0.2) is 18.4 Å². The highest BCUT2D eigenvalue weighted by molar-refractivity contribution is 5.91. The van der Waals surface area contributed by atoms with E-state index >= 15 is 0 Å². The number of carbonyl (C=O) groups is 4. The summed E-state index contributed by atoms with van der Waals surface area (Å²) >= 11 is 0. The summed E-state index contributed by atoms with van der Waals surface area (Å²) in [7, 11) is 0. The second-order valence-electron chi connectivity index (χ2n) is 10.2. The maximum Gasteiger partial charge on any atom is 0.351 e. The van der Waals surface area contributed by atoms with Crippen molar-refractivity contribution in [2.24, 2.45) is 0 Å². The number of anilines is 1. The number of nitrogens with one attached hydrogen (secondary N) is 1. The van der Waals surface area contributed by atoms with Gasteiger partial charge in [-0.15, -0.1) is 0 Å². The van der Waals surface area contributed by atoms with Crippen molar-refractivity contribution in [2.75, 3.05) is 25.1 Å². The minimum absolute atomic E-state index is 0.0792. The molecule has 1 saturated heterocycles. The average Bonchev–Trinajstić information content (AvgIpc) is 3.43. The van der Waals surface area contributed by atoms with Gasteiger partial charge in [-0.25, -0.2) is 19.2 Å². The van der Waals surface area contributed by atoms with E-state index < -0.39 is 60.7 Å². The Labute approximate surface area is 269 Å². The van der Waals surface area contributed by atoms with E-state index in [2.05, 4.69) is 10.3 Å². The maximum atomic E-state index is 13.3. The zero-order valence-corrected chi connectivity index (χ0v) is 25.2. The second-order valence-corrected chi connectivity index (χ2v) is 10.2. The molecule has 13 heteroatoms. The van der Waals surface area contributed by atoms with E-state index in [0.29, 0.717) is 0 Å². The Kier molecular flexibility index (Phi) is 10.7. The minimum atomic E-state index is -1.39. The Bertz CT molecular complexity index is 1750. The summed E-state index contributed by atoms with van der Waals surface area (Å²) in [6.07, 6.45) is -3.95. The third-order valence-electron chi connectivity index (χ3n) is 7.00. The zero-order chi connectivity index (χ0) is 33.2. The Balaban J connectivity index is 1.47. The highest BCUT2D eigenvalue weighted by Gasteiger charge is 2.51. The molecule has 0 aliphatic carbocycles. The fourth-order valence-corrected chi connectivity index (χ4v) is 4.76. The van der Waals surface area contributed by atoms with Gasteiger partial charge in [0.1, 0.15) is 25.1 Å². The summed E-state index contributed by atoms with van der Waals surface area (Å²) in [6.45, 7) is 1.21. The van der Waals surface area contributed by atoms with Gasteiger partial charge < -0.3 is 29.0 Å². The number of rotatable bonds is 12. The number of carbonyl (C=O) groups excluding carboxylic acids is 4. The van der Waals surface area contributed by atoms with Crippen LogP contribution >= 0.6 is 0 Å². The third-order valence-corrected chi connectivity index (χ3v) is 7.00. The number of ether oxygens (including phenoxy) is 5. The molecule has 4 atom stereocenters. The summed E-state index contributed by atoms with van der Waals surface area (Å²) in [5, 5.41) is 2.71. The summed E-state index contributed by atoms with van der Waals surface area (Å²) in [5.41, 5.74) is -0.153. The molecule has 3 aromatic carbocycles. The maximum absolute atomic E-state index is 13.3. The normalized spacial score (nSPS) is 18.5. The van der Waals surface area contributed by atoms with Gasteiger partial charge in [-0.3, -0.25) is 9.36 Å². The standard InChI is InChI=1S/C34H31N3O10/c1-2-43-27(38)20-35-26-18-19-37(34(42)36-26)30-29(47-33(41)24-16-10-5-11-17-24)28(46-32(40)23-14-8-4-9-15-23)25(45-30)21-44-31(39)22-12-6-3-7-13-22/h3-19,25,28-30H,2,20-21H2,1H3,(H,35,36,42)/t25-,28-,29-,30-/m1/s1. The van der Waals surface area contributed by atoms with Gasteiger partial charge in [0.2, 0.25) is 0 Å². The smallest absolute Gasteiger partial charge is 0.351 e. The molecule has 1 aliphatic heterocycles. The topological polar surface area (TPSA) is 161 Å². The van der Waals surface area contributed by atoms with Crippen LogP contribution < -0.4 is 11.0 Å². The van der Waals surface area contributed by atoms with E-state index in [1.807, 2.05) is 0 Å². The molecule has 4 aromatic rings. The van der Waals surface area contributed by atoms with Crippen LogP contribution in [0.25, 0.3) is 0 Å². The van der Waals surface area contributed by atoms with Crippen LogP contribution in [0.1, 0.15) is 44.2 Å². The molecule has 5 rings (SSSR count). The lowest BCUT2D eigenvalue weighted by atomic mass is 10.1. The molecule has 1 aliphatic rings. The molecule has 0 radical (unpaired) electrons. The van der Waals surface area contributed by atoms with E-state index in [9.17, 15) is 24.0 Å².